The molecule has 0 radical (unpaired) electrons. The van der Waals surface area contributed by atoms with E-state index in [0.717, 1.165) is 10.4 Å². The lowest BCUT2D eigenvalue weighted by Crippen LogP contribution is -2.45. The van der Waals surface area contributed by atoms with Crippen LogP contribution in [0.1, 0.15) is 41.5 Å². The number of carbonyl (C=O) groups excluding carboxylic acids is 2. The average Bonchev–Trinajstić information content (AvgIpc) is 2.86. The summed E-state index contributed by atoms with van der Waals surface area (Å²) in [6, 6.07) is 0. The van der Waals surface area contributed by atoms with Gasteiger partial charge in [-0.2, -0.15) is 0 Å². The summed E-state index contributed by atoms with van der Waals surface area (Å²) in [5, 5.41) is 2.92. The summed E-state index contributed by atoms with van der Waals surface area (Å²) in [4.78, 5) is 25.3. The van der Waals surface area contributed by atoms with Crippen LogP contribution in [0.15, 0.2) is 60.8 Å². The van der Waals surface area contributed by atoms with Crippen molar-refractivity contribution in [1.82, 2.24) is 10.2 Å². The van der Waals surface area contributed by atoms with Crippen molar-refractivity contribution in [2.45, 2.75) is 58.9 Å². The van der Waals surface area contributed by atoms with E-state index >= 15 is 0 Å². The van der Waals surface area contributed by atoms with Crippen LogP contribution in [0.3, 0.4) is 0 Å². The summed E-state index contributed by atoms with van der Waals surface area (Å²) in [5.41, 5.74) is 0.169. The quantitative estimate of drug-likeness (QED) is 0.165. The molecule has 0 spiro atoms. The van der Waals surface area contributed by atoms with Crippen LogP contribution in [0, 0.1) is 0 Å². The monoisotopic (exact) mass is 386 g/mol. The van der Waals surface area contributed by atoms with E-state index in [-0.39, 0.29) is 5.57 Å². The fourth-order valence-electron chi connectivity index (χ4n) is 2.40. The molecule has 1 fully saturated rings. The molecule has 0 aromatic carbocycles. The first-order valence-corrected chi connectivity index (χ1v) is 9.19. The van der Waals surface area contributed by atoms with Crippen molar-refractivity contribution in [2.24, 2.45) is 0 Å². The summed E-state index contributed by atoms with van der Waals surface area (Å²) in [6.07, 6.45) is 9.40. The average molecular weight is 386 g/mol. The second kappa shape index (κ2) is 9.71. The Balaban J connectivity index is 3.05. The number of carbonyl (C=O) groups is 2. The van der Waals surface area contributed by atoms with E-state index in [0.29, 0.717) is 6.41 Å². The topological polar surface area (TPSA) is 67.9 Å². The van der Waals surface area contributed by atoms with Crippen molar-refractivity contribution < 1.29 is 18.9 Å². The van der Waals surface area contributed by atoms with Gasteiger partial charge in [-0.05, 0) is 59.3 Å². The third-order valence-corrected chi connectivity index (χ3v) is 4.92. The molecule has 1 aliphatic heterocycles. The van der Waals surface area contributed by atoms with Gasteiger partial charge in [0.05, 0.1) is 11.2 Å². The molecule has 6 nitrogen and oxygen atoms in total. The number of imide groups is 1. The van der Waals surface area contributed by atoms with Gasteiger partial charge in [0.2, 0.25) is 6.41 Å². The number of allylic oxidation sites excluding steroid dienone is 4. The molecule has 0 bridgehead atoms. The van der Waals surface area contributed by atoms with Gasteiger partial charge in [0.15, 0.2) is 0 Å². The summed E-state index contributed by atoms with van der Waals surface area (Å²) in [7, 11) is -0.512. The molecule has 152 valence electrons. The molecule has 28 heavy (non-hydrogen) atoms. The number of rotatable bonds is 9. The number of hydrogen-bond acceptors (Lipinski definition) is 5. The maximum Gasteiger partial charge on any atom is 0.490 e. The summed E-state index contributed by atoms with van der Waals surface area (Å²) < 4.78 is 12.0. The van der Waals surface area contributed by atoms with E-state index in [1.807, 2.05) is 41.5 Å². The lowest BCUT2D eigenvalue weighted by atomic mass is 9.79. The molecule has 1 saturated heterocycles. The molecule has 1 heterocycles. The molecule has 0 aromatic heterocycles. The number of nitrogens with zero attached hydrogens (tertiary/aromatic N) is 1. The Morgan fingerprint density at radius 2 is 1.71 bits per heavy atom. The van der Waals surface area contributed by atoms with Gasteiger partial charge in [0.25, 0.3) is 5.91 Å². The Labute approximate surface area is 168 Å². The molecule has 1 unspecified atom stereocenters. The highest BCUT2D eigenvalue weighted by Crippen LogP contribution is 2.38. The van der Waals surface area contributed by atoms with E-state index in [1.54, 1.807) is 24.4 Å². The standard InChI is InChI=1S/C21H31BN2O4/c1-9-14-23-18(11-3)24(15-25)19(26)17(10-2)13-12-16(4)22-27-20(5,6)21(7,8)28-22/h9-15,18,23H,2-3H2,1,4-8H3/b14-9-,16-12+,17-13+. The third kappa shape index (κ3) is 5.33. The van der Waals surface area contributed by atoms with Crippen molar-refractivity contribution in [3.05, 3.63) is 60.8 Å². The number of nitrogens with one attached hydrogen (secondary N) is 1. The van der Waals surface area contributed by atoms with Crippen LogP contribution in [0.2, 0.25) is 0 Å². The lowest BCUT2D eigenvalue weighted by molar-refractivity contribution is -0.136. The van der Waals surface area contributed by atoms with Crippen molar-refractivity contribution in [2.75, 3.05) is 0 Å². The van der Waals surface area contributed by atoms with Crippen LogP contribution < -0.4 is 5.32 Å². The fraction of sp³-hybridized carbons (Fsp3) is 0.429. The van der Waals surface area contributed by atoms with Crippen LogP contribution in [-0.2, 0) is 18.9 Å². The molecular weight excluding hydrogens is 355 g/mol. The SMILES string of the molecule is C=C/C(=C\C=C(/C)B1OC(C)(C)C(C)(C)O1)C(=O)N(C=O)C(C=C)N/C=C\C. The molecule has 1 atom stereocenters. The maximum absolute atomic E-state index is 12.8. The fourth-order valence-corrected chi connectivity index (χ4v) is 2.40. The Hall–Kier alpha value is -2.38. The second-order valence-electron chi connectivity index (χ2n) is 7.49. The van der Waals surface area contributed by atoms with Crippen LogP contribution in [0.4, 0.5) is 0 Å². The highest BCUT2D eigenvalue weighted by molar-refractivity contribution is 6.54. The van der Waals surface area contributed by atoms with Gasteiger partial charge in [0.1, 0.15) is 6.17 Å². The Morgan fingerprint density at radius 1 is 1.14 bits per heavy atom. The molecule has 2 amide bonds. The zero-order valence-electron chi connectivity index (χ0n) is 17.7. The van der Waals surface area contributed by atoms with Gasteiger partial charge < -0.3 is 14.6 Å². The number of hydrogen-bond donors (Lipinski definition) is 1. The Bertz CT molecular complexity index is 691. The minimum atomic E-state index is -0.669. The van der Waals surface area contributed by atoms with Crippen LogP contribution in [0.5, 0.6) is 0 Å². The summed E-state index contributed by atoms with van der Waals surface area (Å²) in [6.45, 7) is 18.9. The maximum atomic E-state index is 12.8. The van der Waals surface area contributed by atoms with Crippen LogP contribution in [0.25, 0.3) is 0 Å². The van der Waals surface area contributed by atoms with Crippen molar-refractivity contribution in [1.29, 1.82) is 0 Å². The van der Waals surface area contributed by atoms with Gasteiger partial charge in [-0.25, -0.2) is 0 Å². The van der Waals surface area contributed by atoms with E-state index in [2.05, 4.69) is 18.5 Å². The third-order valence-electron chi connectivity index (χ3n) is 4.92. The molecule has 1 N–H and O–H groups in total. The van der Waals surface area contributed by atoms with E-state index in [1.165, 1.54) is 12.2 Å². The van der Waals surface area contributed by atoms with Crippen molar-refractivity contribution in [3.63, 3.8) is 0 Å². The molecule has 0 aromatic rings. The van der Waals surface area contributed by atoms with Gasteiger partial charge in [-0.15, -0.1) is 0 Å². The molecule has 0 saturated carbocycles. The van der Waals surface area contributed by atoms with Gasteiger partial charge >= 0.3 is 7.12 Å². The van der Waals surface area contributed by atoms with Gasteiger partial charge in [-0.1, -0.05) is 37.5 Å². The number of amides is 2. The molecule has 7 heteroatoms. The smallest absolute Gasteiger partial charge is 0.400 e. The zero-order valence-corrected chi connectivity index (χ0v) is 17.7. The predicted octanol–water partition coefficient (Wildman–Crippen LogP) is 3.30. The first-order valence-electron chi connectivity index (χ1n) is 9.19. The highest BCUT2D eigenvalue weighted by Gasteiger charge is 2.51. The molecular formula is C21H31BN2O4. The summed E-state index contributed by atoms with van der Waals surface area (Å²) >= 11 is 0. The minimum Gasteiger partial charge on any atom is -0.400 e. The Kier molecular flexibility index (Phi) is 8.21. The van der Waals surface area contributed by atoms with Crippen LogP contribution >= 0.6 is 0 Å². The Morgan fingerprint density at radius 3 is 2.14 bits per heavy atom. The first-order chi connectivity index (χ1) is 13.0. The van der Waals surface area contributed by atoms with Crippen molar-refractivity contribution >= 4 is 19.4 Å². The second-order valence-corrected chi connectivity index (χ2v) is 7.49. The molecule has 1 rings (SSSR count). The normalized spacial score (nSPS) is 20.0. The van der Waals surface area contributed by atoms with E-state index in [9.17, 15) is 9.59 Å². The predicted molar refractivity (Wildman–Crippen MR) is 113 cm³/mol. The van der Waals surface area contributed by atoms with Crippen LogP contribution in [-0.4, -0.2) is 41.7 Å². The molecule has 0 aliphatic carbocycles. The zero-order chi connectivity index (χ0) is 21.5. The highest BCUT2D eigenvalue weighted by atomic mass is 16.7. The lowest BCUT2D eigenvalue weighted by Gasteiger charge is -2.32. The first kappa shape index (κ1) is 23.7. The van der Waals surface area contributed by atoms with Gasteiger partial charge in [-0.3, -0.25) is 14.5 Å². The largest absolute Gasteiger partial charge is 0.490 e. The van der Waals surface area contributed by atoms with Crippen molar-refractivity contribution in [3.8, 4) is 0 Å². The molecule has 1 aliphatic rings. The minimum absolute atomic E-state index is 0.261. The summed E-state index contributed by atoms with van der Waals surface area (Å²) in [5.74, 6) is -0.495. The van der Waals surface area contributed by atoms with E-state index < -0.39 is 30.4 Å². The van der Waals surface area contributed by atoms with E-state index in [4.69, 9.17) is 9.31 Å². The van der Waals surface area contributed by atoms with Gasteiger partial charge in [0, 0.05) is 5.57 Å².